The van der Waals surface area contributed by atoms with Gasteiger partial charge < -0.3 is 33.6 Å². The molecule has 1 unspecified atom stereocenters. The van der Waals surface area contributed by atoms with Gasteiger partial charge in [0.15, 0.2) is 0 Å². The highest BCUT2D eigenvalue weighted by Crippen LogP contribution is 2.39. The molecule has 3 aromatic heterocycles. The van der Waals surface area contributed by atoms with Crippen molar-refractivity contribution < 1.29 is 28.6 Å². The fraction of sp³-hybridized carbons (Fsp3) is 0.345. The van der Waals surface area contributed by atoms with Crippen LogP contribution in [0.5, 0.6) is 11.8 Å². The molecule has 0 spiro atoms. The number of piperidine rings is 3. The summed E-state index contributed by atoms with van der Waals surface area (Å²) in [5, 5.41) is 8.14. The third-order valence-corrected chi connectivity index (χ3v) is 13.0. The fourth-order valence-corrected chi connectivity index (χ4v) is 9.58. The number of benzene rings is 4. The number of nitrogens with zero attached hydrogens (tertiary/aromatic N) is 4. The predicted octanol–water partition coefficient (Wildman–Crippen LogP) is 10.5. The number of aromatic nitrogens is 3. The molecule has 6 heterocycles. The SMILES string of the molecule is CC(C)(C)OC(=O)N1CCC(n2ccc3c(-c4ccc(OCc5ccccc5)nc4OCc4ccccc4)cccc32)CC1.O=C1CCC(c2cccc3c2ccn3C2CCNCC2)C(=O)N1. The Hall–Kier alpha value is -6.92. The van der Waals surface area contributed by atoms with Gasteiger partial charge in [0, 0.05) is 77.4 Å². The van der Waals surface area contributed by atoms with Gasteiger partial charge in [0.1, 0.15) is 18.8 Å². The van der Waals surface area contributed by atoms with Gasteiger partial charge in [-0.05, 0) is 119 Å². The maximum atomic E-state index is 12.6. The number of ether oxygens (including phenoxy) is 3. The van der Waals surface area contributed by atoms with Gasteiger partial charge in [-0.15, -0.1) is 0 Å². The van der Waals surface area contributed by atoms with Crippen LogP contribution in [0.2, 0.25) is 0 Å². The molecule has 2 N–H and O–H groups in total. The minimum atomic E-state index is -0.494. The maximum Gasteiger partial charge on any atom is 0.410 e. The predicted molar refractivity (Wildman–Crippen MR) is 261 cm³/mol. The quantitative estimate of drug-likeness (QED) is 0.130. The summed E-state index contributed by atoms with van der Waals surface area (Å²) in [6.07, 6.45) is 9.10. The minimum Gasteiger partial charge on any atom is -0.473 e. The van der Waals surface area contributed by atoms with Crippen molar-refractivity contribution in [2.45, 2.75) is 96.1 Å². The molecular formula is C55H60N6O6. The van der Waals surface area contributed by atoms with Gasteiger partial charge in [0.2, 0.25) is 23.6 Å². The summed E-state index contributed by atoms with van der Waals surface area (Å²) in [5.41, 5.74) is 7.00. The topological polar surface area (TPSA) is 129 Å². The van der Waals surface area contributed by atoms with Gasteiger partial charge in [0.25, 0.3) is 0 Å². The first-order valence-electron chi connectivity index (χ1n) is 23.6. The first-order valence-corrected chi connectivity index (χ1v) is 23.6. The standard InChI is InChI=1S/C37H39N3O4.C18H21N3O2/c1-37(2,3)44-36(41)39-22-19-29(20-23-39)40-24-21-31-30(15-10-16-33(31)40)32-17-18-34(42-25-27-11-6-4-7-12-27)38-35(32)43-26-28-13-8-5-9-14-28;22-17-5-4-15(18(23)20-17)13-2-1-3-16-14(13)8-11-21(16)12-6-9-19-10-7-12/h4-18,21,24,29H,19-20,22-23,25-26H2,1-3H3;1-3,8,11-12,15,19H,4-7,9-10H2,(H,20,22,23). The van der Waals surface area contributed by atoms with Gasteiger partial charge in [-0.3, -0.25) is 14.9 Å². The Morgan fingerprint density at radius 2 is 1.27 bits per heavy atom. The average Bonchev–Trinajstić information content (AvgIpc) is 3.99. The summed E-state index contributed by atoms with van der Waals surface area (Å²) >= 11 is 0. The van der Waals surface area contributed by atoms with E-state index in [1.54, 1.807) is 0 Å². The highest BCUT2D eigenvalue weighted by atomic mass is 16.6. The van der Waals surface area contributed by atoms with Gasteiger partial charge >= 0.3 is 6.09 Å². The highest BCUT2D eigenvalue weighted by Gasteiger charge is 2.31. The number of nitrogens with one attached hydrogen (secondary N) is 2. The lowest BCUT2D eigenvalue weighted by Gasteiger charge is -2.34. The molecular weight excluding hydrogens is 841 g/mol. The minimum absolute atomic E-state index is 0.161. The number of fused-ring (bicyclic) bond motifs is 2. The molecule has 3 aliphatic heterocycles. The van der Waals surface area contributed by atoms with Gasteiger partial charge in [-0.25, -0.2) is 4.79 Å². The van der Waals surface area contributed by atoms with Crippen molar-refractivity contribution in [2.24, 2.45) is 0 Å². The number of rotatable bonds is 10. The molecule has 67 heavy (non-hydrogen) atoms. The van der Waals surface area contributed by atoms with E-state index in [1.807, 2.05) is 111 Å². The summed E-state index contributed by atoms with van der Waals surface area (Å²) in [7, 11) is 0. The van der Waals surface area contributed by atoms with E-state index in [9.17, 15) is 14.4 Å². The zero-order valence-corrected chi connectivity index (χ0v) is 38.7. The molecule has 0 bridgehead atoms. The summed E-state index contributed by atoms with van der Waals surface area (Å²) in [4.78, 5) is 42.9. The number of pyridine rings is 1. The monoisotopic (exact) mass is 900 g/mol. The Morgan fingerprint density at radius 1 is 0.657 bits per heavy atom. The van der Waals surface area contributed by atoms with E-state index >= 15 is 0 Å². The second-order valence-corrected chi connectivity index (χ2v) is 18.7. The molecule has 0 radical (unpaired) electrons. The average molecular weight is 901 g/mol. The summed E-state index contributed by atoms with van der Waals surface area (Å²) < 4.78 is 22.7. The van der Waals surface area contributed by atoms with Crippen LogP contribution >= 0.6 is 0 Å². The third kappa shape index (κ3) is 10.7. The first-order chi connectivity index (χ1) is 32.6. The van der Waals surface area contributed by atoms with Gasteiger partial charge in [-0.2, -0.15) is 4.98 Å². The number of carbonyl (C=O) groups is 3. The van der Waals surface area contributed by atoms with Crippen LogP contribution in [-0.4, -0.2) is 68.7 Å². The van der Waals surface area contributed by atoms with Crippen molar-refractivity contribution in [3.05, 3.63) is 150 Å². The van der Waals surface area contributed by atoms with Crippen LogP contribution in [0.1, 0.15) is 94.0 Å². The molecule has 7 aromatic rings. The number of carbonyl (C=O) groups excluding carboxylic acids is 3. The zero-order chi connectivity index (χ0) is 46.3. The zero-order valence-electron chi connectivity index (χ0n) is 38.7. The van der Waals surface area contributed by atoms with E-state index in [1.165, 1.54) is 5.52 Å². The Labute approximate surface area is 392 Å². The van der Waals surface area contributed by atoms with E-state index in [2.05, 4.69) is 68.6 Å². The number of imide groups is 1. The molecule has 10 rings (SSSR count). The Bertz CT molecular complexity index is 2820. The first kappa shape index (κ1) is 45.2. The lowest BCUT2D eigenvalue weighted by Crippen LogP contribution is -2.42. The summed E-state index contributed by atoms with van der Waals surface area (Å²) in [6, 6.07) is 41.8. The van der Waals surface area contributed by atoms with E-state index < -0.39 is 5.60 Å². The largest absolute Gasteiger partial charge is 0.473 e. The second kappa shape index (κ2) is 20.3. The number of amides is 3. The molecule has 0 saturated carbocycles. The number of hydrogen-bond donors (Lipinski definition) is 2. The fourth-order valence-electron chi connectivity index (χ4n) is 9.58. The van der Waals surface area contributed by atoms with Crippen LogP contribution in [0.4, 0.5) is 4.79 Å². The maximum absolute atomic E-state index is 12.6. The molecule has 0 aliphatic carbocycles. The molecule has 3 fully saturated rings. The Balaban J connectivity index is 0.000000204. The number of likely N-dealkylation sites (tertiary alicyclic amines) is 1. The Morgan fingerprint density at radius 3 is 1.93 bits per heavy atom. The normalized spacial score (nSPS) is 17.2. The molecule has 3 amide bonds. The van der Waals surface area contributed by atoms with Crippen LogP contribution in [-0.2, 0) is 27.5 Å². The van der Waals surface area contributed by atoms with Crippen molar-refractivity contribution in [1.82, 2.24) is 29.7 Å². The smallest absolute Gasteiger partial charge is 0.410 e. The lowest BCUT2D eigenvalue weighted by molar-refractivity contribution is -0.134. The molecule has 346 valence electrons. The second-order valence-electron chi connectivity index (χ2n) is 18.7. The molecule has 1 atom stereocenters. The van der Waals surface area contributed by atoms with Crippen LogP contribution in [0, 0.1) is 0 Å². The molecule has 3 aliphatic rings. The molecule has 12 heteroatoms. The van der Waals surface area contributed by atoms with Crippen molar-refractivity contribution >= 4 is 39.7 Å². The number of hydrogen-bond acceptors (Lipinski definition) is 8. The lowest BCUT2D eigenvalue weighted by atomic mass is 9.88. The van der Waals surface area contributed by atoms with Gasteiger partial charge in [-0.1, -0.05) is 84.9 Å². The molecule has 4 aromatic carbocycles. The van der Waals surface area contributed by atoms with Crippen molar-refractivity contribution in [1.29, 1.82) is 0 Å². The van der Waals surface area contributed by atoms with E-state index in [-0.39, 0.29) is 23.8 Å². The van der Waals surface area contributed by atoms with Gasteiger partial charge in [0.05, 0.1) is 5.92 Å². The van der Waals surface area contributed by atoms with Crippen LogP contribution in [0.3, 0.4) is 0 Å². The van der Waals surface area contributed by atoms with Crippen molar-refractivity contribution in [3.63, 3.8) is 0 Å². The van der Waals surface area contributed by atoms with E-state index in [0.29, 0.717) is 63.0 Å². The van der Waals surface area contributed by atoms with Crippen molar-refractivity contribution in [2.75, 3.05) is 26.2 Å². The van der Waals surface area contributed by atoms with E-state index in [4.69, 9.17) is 19.2 Å². The van der Waals surface area contributed by atoms with Crippen LogP contribution < -0.4 is 20.1 Å². The summed E-state index contributed by atoms with van der Waals surface area (Å²) in [6.45, 7) is 9.98. The van der Waals surface area contributed by atoms with Crippen molar-refractivity contribution in [3.8, 4) is 22.9 Å². The van der Waals surface area contributed by atoms with E-state index in [0.717, 1.165) is 82.9 Å². The Kier molecular flexibility index (Phi) is 13.7. The van der Waals surface area contributed by atoms with Crippen LogP contribution in [0.25, 0.3) is 32.9 Å². The highest BCUT2D eigenvalue weighted by molar-refractivity contribution is 6.03. The summed E-state index contributed by atoms with van der Waals surface area (Å²) in [5.74, 6) is 0.502. The van der Waals surface area contributed by atoms with Crippen LogP contribution in [0.15, 0.2) is 134 Å². The third-order valence-electron chi connectivity index (χ3n) is 13.0. The molecule has 12 nitrogen and oxygen atoms in total. The molecule has 3 saturated heterocycles.